The second kappa shape index (κ2) is 7.17. The van der Waals surface area contributed by atoms with E-state index in [9.17, 15) is 18.3 Å². The van der Waals surface area contributed by atoms with Crippen LogP contribution in [0, 0.1) is 0 Å². The predicted octanol–water partition coefficient (Wildman–Crippen LogP) is 3.75. The molecule has 140 valence electrons. The highest BCUT2D eigenvalue weighted by atomic mass is 19.4. The van der Waals surface area contributed by atoms with Crippen molar-refractivity contribution >= 4 is 0 Å². The number of rotatable bonds is 3. The highest BCUT2D eigenvalue weighted by Gasteiger charge is 2.34. The third-order valence-electron chi connectivity index (χ3n) is 4.50. The SMILES string of the molecule is COc1cc2c(c(OC)c1)[C@H](c1ccc(C(F)(F)F)cc1)[C@@H](O)COC2. The smallest absolute Gasteiger partial charge is 0.416 e. The van der Waals surface area contributed by atoms with Gasteiger partial charge in [0.25, 0.3) is 0 Å². The Balaban J connectivity index is 2.12. The maximum absolute atomic E-state index is 12.8. The fourth-order valence-electron chi connectivity index (χ4n) is 3.26. The summed E-state index contributed by atoms with van der Waals surface area (Å²) in [6, 6.07) is 8.28. The van der Waals surface area contributed by atoms with E-state index in [1.807, 2.05) is 0 Å². The topological polar surface area (TPSA) is 47.9 Å². The number of hydrogen-bond donors (Lipinski definition) is 1. The lowest BCUT2D eigenvalue weighted by Crippen LogP contribution is -2.23. The number of aliphatic hydroxyl groups excluding tert-OH is 1. The van der Waals surface area contributed by atoms with E-state index in [1.54, 1.807) is 12.1 Å². The van der Waals surface area contributed by atoms with Crippen molar-refractivity contribution in [1.29, 1.82) is 0 Å². The summed E-state index contributed by atoms with van der Waals surface area (Å²) in [6.45, 7) is 0.308. The van der Waals surface area contributed by atoms with Crippen LogP contribution in [0.25, 0.3) is 0 Å². The summed E-state index contributed by atoms with van der Waals surface area (Å²) in [5, 5.41) is 10.6. The lowest BCUT2D eigenvalue weighted by atomic mass is 9.83. The number of alkyl halides is 3. The summed E-state index contributed by atoms with van der Waals surface area (Å²) < 4.78 is 54.8. The van der Waals surface area contributed by atoms with Crippen LogP contribution in [0.1, 0.15) is 28.2 Å². The molecule has 4 nitrogen and oxygen atoms in total. The first-order valence-electron chi connectivity index (χ1n) is 8.03. The Labute approximate surface area is 149 Å². The van der Waals surface area contributed by atoms with Crippen molar-refractivity contribution in [3.05, 3.63) is 58.7 Å². The molecular formula is C19H19F3O4. The van der Waals surface area contributed by atoms with E-state index in [-0.39, 0.29) is 13.2 Å². The molecule has 0 bridgehead atoms. The van der Waals surface area contributed by atoms with Crippen LogP contribution in [0.3, 0.4) is 0 Å². The molecule has 2 aromatic carbocycles. The first kappa shape index (κ1) is 18.5. The standard InChI is InChI=1S/C19H19F3O4/c1-24-14-7-12-9-26-10-15(23)17(18(12)16(8-14)25-2)11-3-5-13(6-4-11)19(20,21)22/h3-8,15,17,23H,9-10H2,1-2H3/t15-,17+/m0/s1. The summed E-state index contributed by atoms with van der Waals surface area (Å²) in [6.07, 6.45) is -5.33. The summed E-state index contributed by atoms with van der Waals surface area (Å²) in [5.41, 5.74) is 1.28. The number of fused-ring (bicyclic) bond motifs is 1. The fraction of sp³-hybridized carbons (Fsp3) is 0.368. The van der Waals surface area contributed by atoms with Crippen LogP contribution >= 0.6 is 0 Å². The predicted molar refractivity (Wildman–Crippen MR) is 88.5 cm³/mol. The summed E-state index contributed by atoms with van der Waals surface area (Å²) >= 11 is 0. The Morgan fingerprint density at radius 3 is 2.35 bits per heavy atom. The normalized spacial score (nSPS) is 20.2. The monoisotopic (exact) mass is 368 g/mol. The summed E-state index contributed by atoms with van der Waals surface area (Å²) in [5.74, 6) is 0.496. The van der Waals surface area contributed by atoms with Crippen LogP contribution < -0.4 is 9.47 Å². The third-order valence-corrected chi connectivity index (χ3v) is 4.50. The van der Waals surface area contributed by atoms with Gasteiger partial charge in [-0.05, 0) is 29.3 Å². The van der Waals surface area contributed by atoms with Crippen molar-refractivity contribution < 1.29 is 32.5 Å². The van der Waals surface area contributed by atoms with E-state index in [4.69, 9.17) is 14.2 Å². The number of halogens is 3. The second-order valence-electron chi connectivity index (χ2n) is 6.08. The van der Waals surface area contributed by atoms with Crippen molar-refractivity contribution in [1.82, 2.24) is 0 Å². The zero-order valence-electron chi connectivity index (χ0n) is 14.3. The molecule has 7 heteroatoms. The molecule has 0 fully saturated rings. The van der Waals surface area contributed by atoms with Crippen LogP contribution in [0.15, 0.2) is 36.4 Å². The number of methoxy groups -OCH3 is 2. The van der Waals surface area contributed by atoms with Gasteiger partial charge >= 0.3 is 6.18 Å². The first-order valence-corrected chi connectivity index (χ1v) is 8.03. The quantitative estimate of drug-likeness (QED) is 0.897. The van der Waals surface area contributed by atoms with Crippen LogP contribution in [0.2, 0.25) is 0 Å². The van der Waals surface area contributed by atoms with Gasteiger partial charge in [0.2, 0.25) is 0 Å². The Bertz CT molecular complexity index is 772. The van der Waals surface area contributed by atoms with Crippen molar-refractivity contribution in [2.75, 3.05) is 20.8 Å². The fourth-order valence-corrected chi connectivity index (χ4v) is 3.26. The van der Waals surface area contributed by atoms with E-state index >= 15 is 0 Å². The highest BCUT2D eigenvalue weighted by molar-refractivity contribution is 5.52. The molecule has 0 amide bonds. The largest absolute Gasteiger partial charge is 0.497 e. The third kappa shape index (κ3) is 3.50. The maximum Gasteiger partial charge on any atom is 0.416 e. The van der Waals surface area contributed by atoms with Gasteiger partial charge in [-0.2, -0.15) is 13.2 Å². The molecular weight excluding hydrogens is 349 g/mol. The van der Waals surface area contributed by atoms with Crippen LogP contribution in [0.4, 0.5) is 13.2 Å². The molecule has 0 saturated heterocycles. The van der Waals surface area contributed by atoms with Crippen molar-refractivity contribution in [2.45, 2.75) is 24.8 Å². The van der Waals surface area contributed by atoms with Crippen LogP contribution in [-0.4, -0.2) is 32.0 Å². The molecule has 0 aromatic heterocycles. The van der Waals surface area contributed by atoms with Gasteiger partial charge in [0.15, 0.2) is 0 Å². The lowest BCUT2D eigenvalue weighted by molar-refractivity contribution is -0.137. The van der Waals surface area contributed by atoms with E-state index in [0.29, 0.717) is 22.6 Å². The molecule has 1 N–H and O–H groups in total. The molecule has 0 aliphatic carbocycles. The Morgan fingerprint density at radius 1 is 1.08 bits per heavy atom. The molecule has 2 atom stereocenters. The summed E-state index contributed by atoms with van der Waals surface area (Å²) in [7, 11) is 3.03. The van der Waals surface area contributed by atoms with Gasteiger partial charge in [-0.25, -0.2) is 0 Å². The first-order chi connectivity index (χ1) is 12.3. The molecule has 0 saturated carbocycles. The van der Waals surface area contributed by atoms with Gasteiger partial charge in [-0.1, -0.05) is 12.1 Å². The molecule has 0 unspecified atom stereocenters. The van der Waals surface area contributed by atoms with Gasteiger partial charge in [-0.15, -0.1) is 0 Å². The second-order valence-corrected chi connectivity index (χ2v) is 6.08. The van der Waals surface area contributed by atoms with Gasteiger partial charge in [0, 0.05) is 17.5 Å². The van der Waals surface area contributed by atoms with Crippen LogP contribution in [0.5, 0.6) is 11.5 Å². The molecule has 1 aliphatic heterocycles. The van der Waals surface area contributed by atoms with Gasteiger partial charge in [0.1, 0.15) is 11.5 Å². The molecule has 2 aromatic rings. The minimum atomic E-state index is -4.41. The Morgan fingerprint density at radius 2 is 1.77 bits per heavy atom. The average molecular weight is 368 g/mol. The Kier molecular flexibility index (Phi) is 5.11. The minimum Gasteiger partial charge on any atom is -0.497 e. The average Bonchev–Trinajstić information content (AvgIpc) is 2.78. The highest BCUT2D eigenvalue weighted by Crippen LogP contribution is 2.42. The van der Waals surface area contributed by atoms with Gasteiger partial charge in [0.05, 0.1) is 39.1 Å². The number of aliphatic hydroxyl groups is 1. The van der Waals surface area contributed by atoms with Gasteiger partial charge < -0.3 is 19.3 Å². The number of hydrogen-bond acceptors (Lipinski definition) is 4. The minimum absolute atomic E-state index is 0.0613. The summed E-state index contributed by atoms with van der Waals surface area (Å²) in [4.78, 5) is 0. The maximum atomic E-state index is 12.8. The van der Waals surface area contributed by atoms with Crippen LogP contribution in [-0.2, 0) is 17.5 Å². The van der Waals surface area contributed by atoms with Gasteiger partial charge in [-0.3, -0.25) is 0 Å². The molecule has 1 aliphatic rings. The lowest BCUT2D eigenvalue weighted by Gasteiger charge is -2.25. The van der Waals surface area contributed by atoms with E-state index in [1.165, 1.54) is 26.4 Å². The van der Waals surface area contributed by atoms with Crippen molar-refractivity contribution in [3.63, 3.8) is 0 Å². The van der Waals surface area contributed by atoms with Crippen molar-refractivity contribution in [2.24, 2.45) is 0 Å². The zero-order valence-corrected chi connectivity index (χ0v) is 14.3. The molecule has 3 rings (SSSR count). The van der Waals surface area contributed by atoms with E-state index in [2.05, 4.69) is 0 Å². The zero-order chi connectivity index (χ0) is 18.9. The molecule has 0 radical (unpaired) electrons. The van der Waals surface area contributed by atoms with E-state index < -0.39 is 23.8 Å². The van der Waals surface area contributed by atoms with Crippen molar-refractivity contribution in [3.8, 4) is 11.5 Å². The molecule has 26 heavy (non-hydrogen) atoms. The van der Waals surface area contributed by atoms with E-state index in [0.717, 1.165) is 17.7 Å². The molecule has 0 spiro atoms. The Hall–Kier alpha value is -2.25. The number of ether oxygens (including phenoxy) is 3. The number of benzene rings is 2. The molecule has 1 heterocycles.